The first-order chi connectivity index (χ1) is 15.3. The van der Waals surface area contributed by atoms with Crippen molar-refractivity contribution in [3.63, 3.8) is 0 Å². The van der Waals surface area contributed by atoms with E-state index in [9.17, 15) is 18.0 Å². The van der Waals surface area contributed by atoms with Crippen molar-refractivity contribution < 1.29 is 22.7 Å². The molecule has 0 bridgehead atoms. The lowest BCUT2D eigenvalue weighted by Gasteiger charge is -2.21. The molecule has 0 spiro atoms. The molecular weight excluding hydrogens is 474 g/mol. The minimum absolute atomic E-state index is 0.0431. The van der Waals surface area contributed by atoms with Crippen LogP contribution in [0.2, 0.25) is 0 Å². The molecule has 2 aromatic rings. The molecule has 1 aromatic heterocycles. The van der Waals surface area contributed by atoms with Crippen LogP contribution in [-0.2, 0) is 19.4 Å². The van der Waals surface area contributed by atoms with E-state index in [1.54, 1.807) is 14.0 Å². The van der Waals surface area contributed by atoms with Crippen molar-refractivity contribution in [3.05, 3.63) is 24.3 Å². The number of rotatable bonds is 10. The Balaban J connectivity index is 1.45. The Morgan fingerprint density at radius 3 is 2.66 bits per heavy atom. The molecule has 10 nitrogen and oxygen atoms in total. The molecule has 1 fully saturated rings. The predicted octanol–water partition coefficient (Wildman–Crippen LogP) is 1.53. The van der Waals surface area contributed by atoms with E-state index in [2.05, 4.69) is 20.8 Å². The SMILES string of the molecule is CCN(CC(=O)NC1CCS(=O)(=O)C1)C(=O)CSc1nnc(Nc2ccc(OC)cc2)s1. The van der Waals surface area contributed by atoms with Crippen LogP contribution < -0.4 is 15.4 Å². The fourth-order valence-electron chi connectivity index (χ4n) is 3.06. The Hall–Kier alpha value is -2.38. The largest absolute Gasteiger partial charge is 0.497 e. The molecule has 2 heterocycles. The highest BCUT2D eigenvalue weighted by molar-refractivity contribution is 8.01. The molecule has 1 aliphatic rings. The number of thioether (sulfide) groups is 1. The fraction of sp³-hybridized carbons (Fsp3) is 0.474. The first-order valence-electron chi connectivity index (χ1n) is 9.93. The van der Waals surface area contributed by atoms with Gasteiger partial charge in [-0.1, -0.05) is 23.1 Å². The Bertz CT molecular complexity index is 1040. The van der Waals surface area contributed by atoms with Crippen LogP contribution in [0, 0.1) is 0 Å². The van der Waals surface area contributed by atoms with Crippen LogP contribution in [0.1, 0.15) is 13.3 Å². The second kappa shape index (κ2) is 11.0. The van der Waals surface area contributed by atoms with Crippen molar-refractivity contribution in [2.75, 3.05) is 42.8 Å². The van der Waals surface area contributed by atoms with Crippen LogP contribution in [0.15, 0.2) is 28.6 Å². The van der Waals surface area contributed by atoms with Crippen molar-refractivity contribution in [2.45, 2.75) is 23.7 Å². The van der Waals surface area contributed by atoms with Gasteiger partial charge < -0.3 is 20.3 Å². The van der Waals surface area contributed by atoms with E-state index < -0.39 is 9.84 Å². The molecule has 32 heavy (non-hydrogen) atoms. The molecule has 2 N–H and O–H groups in total. The van der Waals surface area contributed by atoms with Crippen LogP contribution in [0.5, 0.6) is 5.75 Å². The number of methoxy groups -OCH3 is 1. The number of hydrogen-bond donors (Lipinski definition) is 2. The van der Waals surface area contributed by atoms with E-state index in [-0.39, 0.29) is 41.7 Å². The van der Waals surface area contributed by atoms with Gasteiger partial charge in [-0.15, -0.1) is 10.2 Å². The normalized spacial score (nSPS) is 17.0. The zero-order valence-corrected chi connectivity index (χ0v) is 20.2. The Morgan fingerprint density at radius 1 is 1.28 bits per heavy atom. The van der Waals surface area contributed by atoms with Gasteiger partial charge in [-0.25, -0.2) is 8.42 Å². The van der Waals surface area contributed by atoms with Crippen LogP contribution in [0.3, 0.4) is 0 Å². The highest BCUT2D eigenvalue weighted by Gasteiger charge is 2.29. The number of carbonyl (C=O) groups excluding carboxylic acids is 2. The van der Waals surface area contributed by atoms with Gasteiger partial charge >= 0.3 is 0 Å². The number of sulfone groups is 1. The lowest BCUT2D eigenvalue weighted by molar-refractivity contribution is -0.134. The highest BCUT2D eigenvalue weighted by Crippen LogP contribution is 2.28. The van der Waals surface area contributed by atoms with E-state index in [1.165, 1.54) is 28.0 Å². The van der Waals surface area contributed by atoms with Crippen LogP contribution >= 0.6 is 23.1 Å². The zero-order chi connectivity index (χ0) is 23.1. The van der Waals surface area contributed by atoms with Crippen molar-refractivity contribution in [1.82, 2.24) is 20.4 Å². The van der Waals surface area contributed by atoms with E-state index in [0.717, 1.165) is 11.4 Å². The summed E-state index contributed by atoms with van der Waals surface area (Å²) >= 11 is 2.58. The lowest BCUT2D eigenvalue weighted by atomic mass is 10.2. The maximum absolute atomic E-state index is 12.5. The summed E-state index contributed by atoms with van der Waals surface area (Å²) in [5, 5.41) is 14.6. The Kier molecular flexibility index (Phi) is 8.32. The van der Waals surface area contributed by atoms with E-state index in [0.29, 0.717) is 22.4 Å². The van der Waals surface area contributed by atoms with Crippen molar-refractivity contribution in [2.24, 2.45) is 0 Å². The third kappa shape index (κ3) is 7.07. The molecule has 3 rings (SSSR count). The maximum atomic E-state index is 12.5. The Morgan fingerprint density at radius 2 is 2.03 bits per heavy atom. The van der Waals surface area contributed by atoms with Gasteiger partial charge in [0.25, 0.3) is 0 Å². The summed E-state index contributed by atoms with van der Waals surface area (Å²) in [5.74, 6) is 0.363. The summed E-state index contributed by atoms with van der Waals surface area (Å²) in [6.07, 6.45) is 0.411. The van der Waals surface area contributed by atoms with Crippen molar-refractivity contribution in [3.8, 4) is 5.75 Å². The summed E-state index contributed by atoms with van der Waals surface area (Å²) in [7, 11) is -1.47. The van der Waals surface area contributed by atoms with Gasteiger partial charge in [0.1, 0.15) is 5.75 Å². The molecule has 0 aliphatic carbocycles. The monoisotopic (exact) mass is 499 g/mol. The van der Waals surface area contributed by atoms with Crippen molar-refractivity contribution in [1.29, 1.82) is 0 Å². The van der Waals surface area contributed by atoms with Crippen LogP contribution in [0.4, 0.5) is 10.8 Å². The molecule has 1 saturated heterocycles. The van der Waals surface area contributed by atoms with E-state index >= 15 is 0 Å². The zero-order valence-electron chi connectivity index (χ0n) is 17.7. The number of nitrogens with one attached hydrogen (secondary N) is 2. The van der Waals surface area contributed by atoms with Gasteiger partial charge in [0.2, 0.25) is 16.9 Å². The average Bonchev–Trinajstić information content (AvgIpc) is 3.36. The molecule has 1 atom stereocenters. The number of nitrogens with zero attached hydrogens (tertiary/aromatic N) is 3. The topological polar surface area (TPSA) is 131 Å². The van der Waals surface area contributed by atoms with Gasteiger partial charge in [0.15, 0.2) is 14.2 Å². The smallest absolute Gasteiger partial charge is 0.239 e. The van der Waals surface area contributed by atoms with Gasteiger partial charge in [0.05, 0.1) is 30.9 Å². The number of carbonyl (C=O) groups is 2. The van der Waals surface area contributed by atoms with Crippen LogP contribution in [0.25, 0.3) is 0 Å². The summed E-state index contributed by atoms with van der Waals surface area (Å²) in [4.78, 5) is 26.2. The first kappa shape index (κ1) is 24.3. The second-order valence-electron chi connectivity index (χ2n) is 7.09. The van der Waals surface area contributed by atoms with E-state index in [4.69, 9.17) is 4.74 Å². The van der Waals surface area contributed by atoms with Crippen LogP contribution in [-0.4, -0.2) is 78.8 Å². The molecular formula is C19H25N5O5S3. The number of hydrogen-bond acceptors (Lipinski definition) is 10. The third-order valence-electron chi connectivity index (χ3n) is 4.73. The quantitative estimate of drug-likeness (QED) is 0.467. The standard InChI is InChI=1S/C19H25N5O5S3/c1-3-24(10-16(25)20-14-8-9-32(27,28)12-14)17(26)11-30-19-23-22-18(31-19)21-13-4-6-15(29-2)7-5-13/h4-7,14H,3,8-12H2,1-2H3,(H,20,25)(H,21,22). The third-order valence-corrected chi connectivity index (χ3v) is 8.46. The number of likely N-dealkylation sites (N-methyl/N-ethyl adjacent to an activating group) is 1. The summed E-state index contributed by atoms with van der Waals surface area (Å²) in [5.41, 5.74) is 0.841. The molecule has 174 valence electrons. The highest BCUT2D eigenvalue weighted by atomic mass is 32.2. The number of anilines is 2. The van der Waals surface area contributed by atoms with Gasteiger partial charge in [0, 0.05) is 18.3 Å². The summed E-state index contributed by atoms with van der Waals surface area (Å²) in [6.45, 7) is 2.06. The molecule has 0 radical (unpaired) electrons. The molecule has 1 aliphatic heterocycles. The second-order valence-corrected chi connectivity index (χ2v) is 11.5. The molecule has 1 unspecified atom stereocenters. The van der Waals surface area contributed by atoms with Gasteiger partial charge in [-0.3, -0.25) is 9.59 Å². The summed E-state index contributed by atoms with van der Waals surface area (Å²) < 4.78 is 28.8. The predicted molar refractivity (Wildman–Crippen MR) is 124 cm³/mol. The van der Waals surface area contributed by atoms with Crippen molar-refractivity contribution >= 4 is 55.6 Å². The van der Waals surface area contributed by atoms with E-state index in [1.807, 2.05) is 24.3 Å². The molecule has 0 saturated carbocycles. The lowest BCUT2D eigenvalue weighted by Crippen LogP contribution is -2.45. The van der Waals surface area contributed by atoms with Gasteiger partial charge in [-0.05, 0) is 37.6 Å². The van der Waals surface area contributed by atoms with Gasteiger partial charge in [-0.2, -0.15) is 0 Å². The Labute approximate surface area is 195 Å². The minimum atomic E-state index is -3.07. The number of amides is 2. The number of benzene rings is 1. The number of aromatic nitrogens is 2. The number of ether oxygens (including phenoxy) is 1. The molecule has 13 heteroatoms. The minimum Gasteiger partial charge on any atom is -0.497 e. The fourth-order valence-corrected chi connectivity index (χ4v) is 6.41. The molecule has 2 amide bonds. The average molecular weight is 500 g/mol. The first-order valence-corrected chi connectivity index (χ1v) is 13.5. The maximum Gasteiger partial charge on any atom is 0.239 e. The summed E-state index contributed by atoms with van der Waals surface area (Å²) in [6, 6.07) is 7.01. The molecule has 1 aromatic carbocycles.